The van der Waals surface area contributed by atoms with Crippen molar-refractivity contribution in [3.8, 4) is 11.5 Å². The monoisotopic (exact) mass is 446 g/mol. The Labute approximate surface area is 179 Å². The van der Waals surface area contributed by atoms with Crippen LogP contribution in [0.15, 0.2) is 28.7 Å². The van der Waals surface area contributed by atoms with Gasteiger partial charge in [0, 0.05) is 16.5 Å². The lowest BCUT2D eigenvalue weighted by molar-refractivity contribution is 0.422. The third-order valence-electron chi connectivity index (χ3n) is 5.14. The van der Waals surface area contributed by atoms with Crippen LogP contribution in [-0.4, -0.2) is 10.2 Å². The zero-order valence-corrected chi connectivity index (χ0v) is 20.4. The van der Waals surface area contributed by atoms with Gasteiger partial charge in [0.1, 0.15) is 11.5 Å². The van der Waals surface area contributed by atoms with Gasteiger partial charge in [-0.1, -0.05) is 90.4 Å². The molecular weight excluding hydrogens is 412 g/mol. The first-order chi connectivity index (χ1) is 12.5. The molecule has 0 amide bonds. The van der Waals surface area contributed by atoms with Crippen molar-refractivity contribution in [2.45, 2.75) is 85.0 Å². The molecule has 2 rings (SSSR count). The van der Waals surface area contributed by atoms with E-state index in [0.29, 0.717) is 17.9 Å². The lowest BCUT2D eigenvalue weighted by Crippen LogP contribution is -2.18. The molecule has 0 atom stereocenters. The molecule has 0 aromatic heterocycles. The van der Waals surface area contributed by atoms with E-state index in [2.05, 4.69) is 90.4 Å². The van der Waals surface area contributed by atoms with Gasteiger partial charge in [-0.2, -0.15) is 0 Å². The van der Waals surface area contributed by atoms with Crippen molar-refractivity contribution in [3.05, 3.63) is 56.6 Å². The van der Waals surface area contributed by atoms with Crippen molar-refractivity contribution in [2.75, 3.05) is 0 Å². The minimum Gasteiger partial charge on any atom is -0.507 e. The predicted octanol–water partition coefficient (Wildman–Crippen LogP) is 7.34. The summed E-state index contributed by atoms with van der Waals surface area (Å²) in [6.07, 6.45) is 0.612. The van der Waals surface area contributed by atoms with Gasteiger partial charge in [-0.15, -0.1) is 0 Å². The summed E-state index contributed by atoms with van der Waals surface area (Å²) in [5.41, 5.74) is 4.32. The molecule has 0 aliphatic rings. The molecule has 0 unspecified atom stereocenters. The topological polar surface area (TPSA) is 40.5 Å². The number of hydrogen-bond acceptors (Lipinski definition) is 2. The Bertz CT molecular complexity index is 840. The Hall–Kier alpha value is -1.48. The SMILES string of the molecule is CC(C)(C)c1cc(Br)cc(Cc2cc(C(C)(C)C)c(O)c(C(C)(C)C)c2)c1O. The molecule has 0 spiro atoms. The first kappa shape index (κ1) is 22.8. The summed E-state index contributed by atoms with van der Waals surface area (Å²) < 4.78 is 0.969. The quantitative estimate of drug-likeness (QED) is 0.506. The molecule has 2 nitrogen and oxygen atoms in total. The van der Waals surface area contributed by atoms with Gasteiger partial charge in [0.15, 0.2) is 0 Å². The summed E-state index contributed by atoms with van der Waals surface area (Å²) in [7, 11) is 0. The molecule has 2 aromatic rings. The van der Waals surface area contributed by atoms with Crippen molar-refractivity contribution < 1.29 is 10.2 Å². The van der Waals surface area contributed by atoms with Gasteiger partial charge in [0.2, 0.25) is 0 Å². The Morgan fingerprint density at radius 1 is 0.643 bits per heavy atom. The summed E-state index contributed by atoms with van der Waals surface area (Å²) in [5, 5.41) is 21.9. The highest BCUT2D eigenvalue weighted by atomic mass is 79.9. The van der Waals surface area contributed by atoms with E-state index in [-0.39, 0.29) is 16.2 Å². The van der Waals surface area contributed by atoms with E-state index in [0.717, 1.165) is 32.3 Å². The molecule has 0 aliphatic heterocycles. The average molecular weight is 447 g/mol. The number of phenols is 2. The standard InChI is InChI=1S/C25H35BrO2/c1-23(2,3)18-11-15(12-19(22(18)28)24(4,5)6)10-16-13-17(26)14-20(21(16)27)25(7,8)9/h11-14,27-28H,10H2,1-9H3. The molecule has 28 heavy (non-hydrogen) atoms. The van der Waals surface area contributed by atoms with E-state index >= 15 is 0 Å². The molecule has 0 aliphatic carbocycles. The first-order valence-electron chi connectivity index (χ1n) is 9.90. The number of hydrogen-bond donors (Lipinski definition) is 2. The van der Waals surface area contributed by atoms with E-state index in [1.54, 1.807) is 0 Å². The lowest BCUT2D eigenvalue weighted by atomic mass is 9.77. The third-order valence-corrected chi connectivity index (χ3v) is 5.60. The maximum atomic E-state index is 11.0. The molecule has 2 aromatic carbocycles. The molecule has 3 heteroatoms. The second kappa shape index (κ2) is 7.40. The number of halogens is 1. The fourth-order valence-electron chi connectivity index (χ4n) is 3.52. The van der Waals surface area contributed by atoms with Crippen LogP contribution in [0.25, 0.3) is 0 Å². The molecule has 0 saturated carbocycles. The predicted molar refractivity (Wildman–Crippen MR) is 123 cm³/mol. The summed E-state index contributed by atoms with van der Waals surface area (Å²) in [6, 6.07) is 8.16. The van der Waals surface area contributed by atoms with Gasteiger partial charge in [0.25, 0.3) is 0 Å². The summed E-state index contributed by atoms with van der Waals surface area (Å²) in [4.78, 5) is 0. The van der Waals surface area contributed by atoms with Crippen LogP contribution in [0.5, 0.6) is 11.5 Å². The molecule has 0 heterocycles. The zero-order chi connectivity index (χ0) is 21.7. The molecule has 154 valence electrons. The second-order valence-electron chi connectivity index (χ2n) is 10.9. The smallest absolute Gasteiger partial charge is 0.123 e. The number of aromatic hydroxyl groups is 2. The normalized spacial score (nSPS) is 13.1. The summed E-state index contributed by atoms with van der Waals surface area (Å²) >= 11 is 3.61. The first-order valence-corrected chi connectivity index (χ1v) is 10.7. The van der Waals surface area contributed by atoms with Crippen molar-refractivity contribution >= 4 is 15.9 Å². The zero-order valence-electron chi connectivity index (χ0n) is 18.8. The molecular formula is C25H35BrO2. The van der Waals surface area contributed by atoms with Gasteiger partial charge >= 0.3 is 0 Å². The minimum absolute atomic E-state index is 0.148. The maximum Gasteiger partial charge on any atom is 0.123 e. The summed E-state index contributed by atoms with van der Waals surface area (Å²) in [6.45, 7) is 19.0. The number of rotatable bonds is 2. The van der Waals surface area contributed by atoms with Gasteiger partial charge in [-0.05, 0) is 50.6 Å². The van der Waals surface area contributed by atoms with Gasteiger partial charge in [-0.25, -0.2) is 0 Å². The Morgan fingerprint density at radius 3 is 1.43 bits per heavy atom. The van der Waals surface area contributed by atoms with Gasteiger partial charge in [-0.3, -0.25) is 0 Å². The highest BCUT2D eigenvalue weighted by molar-refractivity contribution is 9.10. The third kappa shape index (κ3) is 4.92. The second-order valence-corrected chi connectivity index (χ2v) is 11.8. The van der Waals surface area contributed by atoms with E-state index in [1.165, 1.54) is 0 Å². The highest BCUT2D eigenvalue weighted by Crippen LogP contribution is 2.41. The minimum atomic E-state index is -0.171. The van der Waals surface area contributed by atoms with Crippen LogP contribution in [-0.2, 0) is 22.7 Å². The van der Waals surface area contributed by atoms with Crippen LogP contribution in [0.2, 0.25) is 0 Å². The van der Waals surface area contributed by atoms with Crippen LogP contribution in [0.4, 0.5) is 0 Å². The fraction of sp³-hybridized carbons (Fsp3) is 0.520. The lowest BCUT2D eigenvalue weighted by Gasteiger charge is -2.28. The van der Waals surface area contributed by atoms with Crippen LogP contribution in [0.3, 0.4) is 0 Å². The van der Waals surface area contributed by atoms with Crippen molar-refractivity contribution in [3.63, 3.8) is 0 Å². The molecule has 2 N–H and O–H groups in total. The van der Waals surface area contributed by atoms with E-state index in [4.69, 9.17) is 0 Å². The van der Waals surface area contributed by atoms with Crippen molar-refractivity contribution in [1.29, 1.82) is 0 Å². The van der Waals surface area contributed by atoms with E-state index in [9.17, 15) is 10.2 Å². The molecule has 0 radical (unpaired) electrons. The van der Waals surface area contributed by atoms with Crippen LogP contribution in [0.1, 0.15) is 90.1 Å². The fourth-order valence-corrected chi connectivity index (χ4v) is 4.03. The average Bonchev–Trinajstić information content (AvgIpc) is 2.48. The number of phenolic OH excluding ortho intramolecular Hbond substituents is 2. The Kier molecular flexibility index (Phi) is 6.03. The van der Waals surface area contributed by atoms with Crippen molar-refractivity contribution in [1.82, 2.24) is 0 Å². The Morgan fingerprint density at radius 2 is 1.04 bits per heavy atom. The highest BCUT2D eigenvalue weighted by Gasteiger charge is 2.27. The van der Waals surface area contributed by atoms with E-state index < -0.39 is 0 Å². The number of benzene rings is 2. The summed E-state index contributed by atoms with van der Waals surface area (Å²) in [5.74, 6) is 0.746. The largest absolute Gasteiger partial charge is 0.507 e. The van der Waals surface area contributed by atoms with Gasteiger partial charge in [0.05, 0.1) is 0 Å². The molecule has 0 fully saturated rings. The van der Waals surface area contributed by atoms with Crippen LogP contribution < -0.4 is 0 Å². The van der Waals surface area contributed by atoms with Gasteiger partial charge < -0.3 is 10.2 Å². The van der Waals surface area contributed by atoms with Crippen LogP contribution >= 0.6 is 15.9 Å². The molecule has 0 bridgehead atoms. The Balaban J connectivity index is 2.67. The van der Waals surface area contributed by atoms with E-state index in [1.807, 2.05) is 12.1 Å². The maximum absolute atomic E-state index is 11.0. The van der Waals surface area contributed by atoms with Crippen LogP contribution in [0, 0.1) is 0 Å². The molecule has 0 saturated heterocycles. The van der Waals surface area contributed by atoms with Crippen molar-refractivity contribution in [2.24, 2.45) is 0 Å².